The maximum Gasteiger partial charge on any atom is 0.224 e. The van der Waals surface area contributed by atoms with E-state index >= 15 is 0 Å². The zero-order valence-corrected chi connectivity index (χ0v) is 8.46. The molecule has 2 rings (SSSR count). The predicted octanol–water partition coefficient (Wildman–Crippen LogP) is 2.14. The van der Waals surface area contributed by atoms with E-state index in [1.165, 1.54) is 0 Å². The molecule has 1 unspecified atom stereocenters. The zero-order chi connectivity index (χ0) is 9.80. The minimum atomic E-state index is -1.07. The molecule has 0 aromatic heterocycles. The van der Waals surface area contributed by atoms with Crippen molar-refractivity contribution >= 4 is 11.2 Å². The normalized spacial score (nSPS) is 17.1. The van der Waals surface area contributed by atoms with Gasteiger partial charge in [0.25, 0.3) is 0 Å². The van der Waals surface area contributed by atoms with Crippen LogP contribution in [0.2, 0.25) is 0 Å². The van der Waals surface area contributed by atoms with Crippen LogP contribution < -0.4 is 5.32 Å². The van der Waals surface area contributed by atoms with Gasteiger partial charge >= 0.3 is 0 Å². The quantitative estimate of drug-likeness (QED) is 0.751. The van der Waals surface area contributed by atoms with Gasteiger partial charge in [-0.15, -0.1) is 0 Å². The summed E-state index contributed by atoms with van der Waals surface area (Å²) in [4.78, 5) is 0.835. The molecule has 0 saturated heterocycles. The average Bonchev–Trinajstić information content (AvgIpc) is 2.30. The summed E-state index contributed by atoms with van der Waals surface area (Å²) in [6.07, 6.45) is 6.62. The minimum Gasteiger partial charge on any atom is -0.605 e. The van der Waals surface area contributed by atoms with Gasteiger partial charge in [-0.2, -0.15) is 0 Å². The van der Waals surface area contributed by atoms with Crippen LogP contribution in [0, 0.1) is 0 Å². The first-order valence-corrected chi connectivity index (χ1v) is 5.61. The van der Waals surface area contributed by atoms with Gasteiger partial charge in [-0.05, 0) is 24.6 Å². The lowest BCUT2D eigenvalue weighted by Crippen LogP contribution is -2.17. The molecule has 1 aromatic carbocycles. The standard InChI is InChI=1S/C11H11NOS/c13-14(10-6-2-1-3-7-10)11-8-4-5-9-12-11/h1-3,5-9,12H,4H2. The molecule has 1 heterocycles. The summed E-state index contributed by atoms with van der Waals surface area (Å²) in [6, 6.07) is 9.45. The van der Waals surface area contributed by atoms with Crippen LogP contribution in [0.15, 0.2) is 58.6 Å². The van der Waals surface area contributed by atoms with Gasteiger partial charge in [0.1, 0.15) is 0 Å². The van der Waals surface area contributed by atoms with Crippen LogP contribution in [0.1, 0.15) is 6.42 Å². The Balaban J connectivity index is 2.16. The molecule has 14 heavy (non-hydrogen) atoms. The van der Waals surface area contributed by atoms with Crippen molar-refractivity contribution in [3.05, 3.63) is 53.7 Å². The van der Waals surface area contributed by atoms with E-state index in [1.807, 2.05) is 48.7 Å². The highest BCUT2D eigenvalue weighted by molar-refractivity contribution is 7.95. The highest BCUT2D eigenvalue weighted by Crippen LogP contribution is 2.18. The molecule has 1 aromatic rings. The molecule has 3 heteroatoms. The van der Waals surface area contributed by atoms with E-state index in [2.05, 4.69) is 5.32 Å². The lowest BCUT2D eigenvalue weighted by molar-refractivity contribution is 0.598. The molecular formula is C11H11NOS. The molecule has 0 spiro atoms. The van der Waals surface area contributed by atoms with E-state index in [0.29, 0.717) is 0 Å². The SMILES string of the molecule is [O-][S+](C1=CCC=CN1)c1ccccc1. The van der Waals surface area contributed by atoms with Gasteiger partial charge in [0.05, 0.1) is 0 Å². The molecule has 0 bridgehead atoms. The summed E-state index contributed by atoms with van der Waals surface area (Å²) in [7, 11) is 0. The van der Waals surface area contributed by atoms with Gasteiger partial charge in [0.2, 0.25) is 5.03 Å². The minimum absolute atomic E-state index is 0.777. The molecule has 0 aliphatic carbocycles. The molecule has 0 saturated carbocycles. The number of hydrogen-bond donors (Lipinski definition) is 1. The maximum atomic E-state index is 11.9. The van der Waals surface area contributed by atoms with Crippen molar-refractivity contribution in [2.24, 2.45) is 0 Å². The van der Waals surface area contributed by atoms with Crippen molar-refractivity contribution in [2.45, 2.75) is 11.3 Å². The number of dihydropyridines is 1. The van der Waals surface area contributed by atoms with Crippen molar-refractivity contribution in [1.29, 1.82) is 0 Å². The third kappa shape index (κ3) is 2.00. The third-order valence-electron chi connectivity index (χ3n) is 1.94. The summed E-state index contributed by atoms with van der Waals surface area (Å²) in [5, 5.41) is 3.77. The summed E-state index contributed by atoms with van der Waals surface area (Å²) >= 11 is -1.07. The van der Waals surface area contributed by atoms with Crippen molar-refractivity contribution in [1.82, 2.24) is 5.32 Å². The Hall–Kier alpha value is -1.19. The van der Waals surface area contributed by atoms with Gasteiger partial charge in [-0.1, -0.05) is 24.3 Å². The predicted molar refractivity (Wildman–Crippen MR) is 57.8 cm³/mol. The molecule has 0 radical (unpaired) electrons. The Bertz CT molecular complexity index is 359. The number of allylic oxidation sites excluding steroid dienone is 2. The fourth-order valence-corrected chi connectivity index (χ4v) is 2.32. The van der Waals surface area contributed by atoms with E-state index < -0.39 is 11.2 Å². The first kappa shape index (κ1) is 9.37. The second-order valence-corrected chi connectivity index (χ2v) is 4.38. The highest BCUT2D eigenvalue weighted by atomic mass is 32.2. The number of hydrogen-bond acceptors (Lipinski definition) is 2. The van der Waals surface area contributed by atoms with Crippen LogP contribution in [-0.4, -0.2) is 4.55 Å². The molecule has 0 fully saturated rings. The Morgan fingerprint density at radius 3 is 2.64 bits per heavy atom. The number of benzene rings is 1. The first-order chi connectivity index (χ1) is 6.88. The molecular weight excluding hydrogens is 194 g/mol. The van der Waals surface area contributed by atoms with Crippen LogP contribution >= 0.6 is 0 Å². The van der Waals surface area contributed by atoms with Gasteiger partial charge in [0.15, 0.2) is 4.90 Å². The Kier molecular flexibility index (Phi) is 2.91. The summed E-state index contributed by atoms with van der Waals surface area (Å²) in [6.45, 7) is 0. The van der Waals surface area contributed by atoms with Gasteiger partial charge < -0.3 is 9.87 Å². The van der Waals surface area contributed by atoms with Crippen molar-refractivity contribution < 1.29 is 4.55 Å². The van der Waals surface area contributed by atoms with Crippen molar-refractivity contribution in [2.75, 3.05) is 0 Å². The highest BCUT2D eigenvalue weighted by Gasteiger charge is 2.17. The Morgan fingerprint density at radius 1 is 1.21 bits per heavy atom. The van der Waals surface area contributed by atoms with Crippen LogP contribution in [0.4, 0.5) is 0 Å². The number of nitrogens with one attached hydrogen (secondary N) is 1. The summed E-state index contributed by atoms with van der Waals surface area (Å²) in [5.41, 5.74) is 0. The van der Waals surface area contributed by atoms with E-state index in [4.69, 9.17) is 0 Å². The molecule has 1 N–H and O–H groups in total. The molecule has 1 aliphatic rings. The fourth-order valence-electron chi connectivity index (χ4n) is 1.24. The molecule has 1 atom stereocenters. The Labute approximate surface area is 86.5 Å². The Morgan fingerprint density at radius 2 is 2.00 bits per heavy atom. The second-order valence-electron chi connectivity index (χ2n) is 2.93. The lowest BCUT2D eigenvalue weighted by Gasteiger charge is -2.14. The largest absolute Gasteiger partial charge is 0.605 e. The van der Waals surface area contributed by atoms with Gasteiger partial charge in [0, 0.05) is 17.4 Å². The fraction of sp³-hybridized carbons (Fsp3) is 0.0909. The third-order valence-corrected chi connectivity index (χ3v) is 3.32. The second kappa shape index (κ2) is 4.35. The van der Waals surface area contributed by atoms with E-state index in [0.717, 1.165) is 16.3 Å². The van der Waals surface area contributed by atoms with Crippen LogP contribution in [0.3, 0.4) is 0 Å². The van der Waals surface area contributed by atoms with Crippen molar-refractivity contribution in [3.63, 3.8) is 0 Å². The lowest BCUT2D eigenvalue weighted by atomic mass is 10.3. The van der Waals surface area contributed by atoms with E-state index in [1.54, 1.807) is 0 Å². The molecule has 2 nitrogen and oxygen atoms in total. The van der Waals surface area contributed by atoms with Crippen LogP contribution in [-0.2, 0) is 11.2 Å². The smallest absolute Gasteiger partial charge is 0.224 e. The van der Waals surface area contributed by atoms with E-state index in [-0.39, 0.29) is 0 Å². The zero-order valence-electron chi connectivity index (χ0n) is 7.64. The molecule has 1 aliphatic heterocycles. The van der Waals surface area contributed by atoms with E-state index in [9.17, 15) is 4.55 Å². The van der Waals surface area contributed by atoms with Crippen molar-refractivity contribution in [3.8, 4) is 0 Å². The van der Waals surface area contributed by atoms with Crippen LogP contribution in [0.25, 0.3) is 0 Å². The average molecular weight is 205 g/mol. The summed E-state index contributed by atoms with van der Waals surface area (Å²) < 4.78 is 11.9. The molecule has 72 valence electrons. The first-order valence-electron chi connectivity index (χ1n) is 4.46. The van der Waals surface area contributed by atoms with Gasteiger partial charge in [-0.25, -0.2) is 0 Å². The van der Waals surface area contributed by atoms with Crippen LogP contribution in [0.5, 0.6) is 0 Å². The van der Waals surface area contributed by atoms with Gasteiger partial charge in [-0.3, -0.25) is 0 Å². The number of rotatable bonds is 2. The molecule has 0 amide bonds. The maximum absolute atomic E-state index is 11.9. The monoisotopic (exact) mass is 205 g/mol. The summed E-state index contributed by atoms with van der Waals surface area (Å²) in [5.74, 6) is 0. The topological polar surface area (TPSA) is 35.1 Å².